The molecular weight excluding hydrogens is 393 g/mol. The molecule has 1 aliphatic heterocycles. The molecule has 0 unspecified atom stereocenters. The summed E-state index contributed by atoms with van der Waals surface area (Å²) in [5.74, 6) is -1.09. The first-order valence-corrected chi connectivity index (χ1v) is 9.49. The van der Waals surface area contributed by atoms with E-state index in [-0.39, 0.29) is 17.5 Å². The predicted molar refractivity (Wildman–Crippen MR) is 108 cm³/mol. The van der Waals surface area contributed by atoms with Gasteiger partial charge in [-0.25, -0.2) is 19.2 Å². The number of hydrogen-bond donors (Lipinski definition) is 0. The number of nitrogens with zero attached hydrogens (tertiary/aromatic N) is 3. The Morgan fingerprint density at radius 2 is 1.86 bits per heavy atom. The standard InChI is InChI=1S/C21H14FN3O3S/c1-13(26)25(17-5-3-2-4-6-17)21-23-16(12-29-21)11-18-20(27)28-19(24-18)14-7-9-15(22)10-8-14/h2-12H,1H3/b18-11-. The van der Waals surface area contributed by atoms with Crippen molar-refractivity contribution in [2.45, 2.75) is 6.92 Å². The van der Waals surface area contributed by atoms with Gasteiger partial charge < -0.3 is 4.74 Å². The van der Waals surface area contributed by atoms with E-state index >= 15 is 0 Å². The van der Waals surface area contributed by atoms with Crippen LogP contribution in [0.25, 0.3) is 6.08 Å². The molecule has 0 saturated heterocycles. The minimum Gasteiger partial charge on any atom is -0.402 e. The highest BCUT2D eigenvalue weighted by atomic mass is 32.1. The van der Waals surface area contributed by atoms with E-state index in [1.807, 2.05) is 30.3 Å². The van der Waals surface area contributed by atoms with E-state index < -0.39 is 11.8 Å². The van der Waals surface area contributed by atoms with Gasteiger partial charge >= 0.3 is 5.97 Å². The Kier molecular flexibility index (Phi) is 5.01. The summed E-state index contributed by atoms with van der Waals surface area (Å²) in [5.41, 5.74) is 1.75. The summed E-state index contributed by atoms with van der Waals surface area (Å²) in [6, 6.07) is 14.7. The average molecular weight is 407 g/mol. The molecule has 2 heterocycles. The minimum absolute atomic E-state index is 0.0789. The van der Waals surface area contributed by atoms with Crippen LogP contribution in [0.5, 0.6) is 0 Å². The van der Waals surface area contributed by atoms with E-state index in [1.54, 1.807) is 5.38 Å². The highest BCUT2D eigenvalue weighted by Crippen LogP contribution is 2.30. The van der Waals surface area contributed by atoms with Gasteiger partial charge in [0.1, 0.15) is 5.82 Å². The lowest BCUT2D eigenvalue weighted by molar-refractivity contribution is -0.130. The molecule has 29 heavy (non-hydrogen) atoms. The maximum Gasteiger partial charge on any atom is 0.363 e. The zero-order valence-electron chi connectivity index (χ0n) is 15.2. The monoisotopic (exact) mass is 407 g/mol. The lowest BCUT2D eigenvalue weighted by Crippen LogP contribution is -2.22. The Morgan fingerprint density at radius 3 is 2.55 bits per heavy atom. The highest BCUT2D eigenvalue weighted by molar-refractivity contribution is 7.14. The predicted octanol–water partition coefficient (Wildman–Crippen LogP) is 4.31. The Balaban J connectivity index is 1.62. The molecule has 0 fully saturated rings. The zero-order valence-corrected chi connectivity index (χ0v) is 16.0. The number of aliphatic imine (C=N–C) groups is 1. The molecule has 2 aromatic carbocycles. The summed E-state index contributed by atoms with van der Waals surface area (Å²) in [7, 11) is 0. The van der Waals surface area contributed by atoms with E-state index in [4.69, 9.17) is 4.74 Å². The first-order chi connectivity index (χ1) is 14.0. The van der Waals surface area contributed by atoms with Crippen molar-refractivity contribution in [2.75, 3.05) is 4.90 Å². The first-order valence-electron chi connectivity index (χ1n) is 8.61. The maximum atomic E-state index is 13.1. The van der Waals surface area contributed by atoms with E-state index in [1.165, 1.54) is 53.5 Å². The Labute approximate surface area is 169 Å². The topological polar surface area (TPSA) is 71.9 Å². The molecule has 6 nitrogen and oxygen atoms in total. The van der Waals surface area contributed by atoms with Crippen LogP contribution in [-0.4, -0.2) is 22.8 Å². The van der Waals surface area contributed by atoms with Crippen LogP contribution in [0.1, 0.15) is 18.2 Å². The molecule has 0 saturated carbocycles. The van der Waals surface area contributed by atoms with Gasteiger partial charge in [0.2, 0.25) is 11.8 Å². The molecule has 0 N–H and O–H groups in total. The molecular formula is C21H14FN3O3S. The summed E-state index contributed by atoms with van der Waals surface area (Å²) in [6.45, 7) is 1.46. The fourth-order valence-electron chi connectivity index (χ4n) is 2.71. The molecule has 144 valence electrons. The highest BCUT2D eigenvalue weighted by Gasteiger charge is 2.25. The molecule has 0 bridgehead atoms. The molecule has 0 aliphatic carbocycles. The van der Waals surface area contributed by atoms with Crippen LogP contribution in [0, 0.1) is 5.82 Å². The van der Waals surface area contributed by atoms with Crippen molar-refractivity contribution in [1.82, 2.24) is 4.98 Å². The number of benzene rings is 2. The molecule has 1 amide bonds. The van der Waals surface area contributed by atoms with Crippen molar-refractivity contribution in [2.24, 2.45) is 4.99 Å². The lowest BCUT2D eigenvalue weighted by Gasteiger charge is -2.17. The number of para-hydroxylation sites is 1. The van der Waals surface area contributed by atoms with Crippen LogP contribution in [0.2, 0.25) is 0 Å². The number of aromatic nitrogens is 1. The van der Waals surface area contributed by atoms with Gasteiger partial charge in [0.25, 0.3) is 0 Å². The SMILES string of the molecule is CC(=O)N(c1ccccc1)c1nc(/C=C2\N=C(c3ccc(F)cc3)OC2=O)cs1. The summed E-state index contributed by atoms with van der Waals surface area (Å²) in [4.78, 5) is 34.4. The number of amides is 1. The fraction of sp³-hybridized carbons (Fsp3) is 0.0476. The molecule has 3 aromatic rings. The molecule has 0 atom stereocenters. The van der Waals surface area contributed by atoms with Gasteiger partial charge in [0.05, 0.1) is 11.4 Å². The van der Waals surface area contributed by atoms with Gasteiger partial charge in [-0.1, -0.05) is 18.2 Å². The van der Waals surface area contributed by atoms with Crippen LogP contribution >= 0.6 is 11.3 Å². The lowest BCUT2D eigenvalue weighted by atomic mass is 10.2. The molecule has 1 aliphatic rings. The summed E-state index contributed by atoms with van der Waals surface area (Å²) in [5, 5.41) is 2.20. The molecule has 0 spiro atoms. The van der Waals surface area contributed by atoms with E-state index in [2.05, 4.69) is 9.98 Å². The van der Waals surface area contributed by atoms with Gasteiger partial charge in [0, 0.05) is 17.9 Å². The maximum absolute atomic E-state index is 13.1. The first kappa shape index (κ1) is 18.7. The van der Waals surface area contributed by atoms with Crippen molar-refractivity contribution >= 4 is 46.0 Å². The Bertz CT molecular complexity index is 1140. The largest absolute Gasteiger partial charge is 0.402 e. The third-order valence-corrected chi connectivity index (χ3v) is 4.87. The molecule has 0 radical (unpaired) electrons. The van der Waals surface area contributed by atoms with Gasteiger partial charge in [0.15, 0.2) is 10.8 Å². The summed E-state index contributed by atoms with van der Waals surface area (Å²) in [6.07, 6.45) is 1.49. The number of rotatable bonds is 4. The van der Waals surface area contributed by atoms with Crippen molar-refractivity contribution in [3.63, 3.8) is 0 Å². The van der Waals surface area contributed by atoms with E-state index in [0.29, 0.717) is 22.1 Å². The van der Waals surface area contributed by atoms with Crippen molar-refractivity contribution in [1.29, 1.82) is 0 Å². The van der Waals surface area contributed by atoms with Crippen LogP contribution in [0.15, 0.2) is 70.7 Å². The summed E-state index contributed by atoms with van der Waals surface area (Å²) < 4.78 is 18.2. The number of halogens is 1. The number of anilines is 2. The normalized spacial score (nSPS) is 14.6. The molecule has 8 heteroatoms. The van der Waals surface area contributed by atoms with Crippen LogP contribution in [0.4, 0.5) is 15.2 Å². The van der Waals surface area contributed by atoms with Gasteiger partial charge in [-0.05, 0) is 42.5 Å². The average Bonchev–Trinajstić information content (AvgIpc) is 3.30. The third kappa shape index (κ3) is 3.97. The smallest absolute Gasteiger partial charge is 0.363 e. The quantitative estimate of drug-likeness (QED) is 0.477. The second-order valence-electron chi connectivity index (χ2n) is 6.09. The molecule has 4 rings (SSSR count). The Morgan fingerprint density at radius 1 is 1.14 bits per heavy atom. The second kappa shape index (κ2) is 7.76. The number of cyclic esters (lactones) is 1. The Hall–Kier alpha value is -3.65. The number of ether oxygens (including phenoxy) is 1. The minimum atomic E-state index is -0.620. The van der Waals surface area contributed by atoms with Gasteiger partial charge in [-0.2, -0.15) is 0 Å². The third-order valence-electron chi connectivity index (χ3n) is 4.03. The van der Waals surface area contributed by atoms with Crippen molar-refractivity contribution in [3.8, 4) is 0 Å². The van der Waals surface area contributed by atoms with E-state index in [0.717, 1.165) is 0 Å². The zero-order chi connectivity index (χ0) is 20.4. The number of carbonyl (C=O) groups excluding carboxylic acids is 2. The molecule has 1 aromatic heterocycles. The van der Waals surface area contributed by atoms with Crippen LogP contribution in [0.3, 0.4) is 0 Å². The van der Waals surface area contributed by atoms with Crippen LogP contribution in [-0.2, 0) is 14.3 Å². The number of thiazole rings is 1. The van der Waals surface area contributed by atoms with Crippen LogP contribution < -0.4 is 4.90 Å². The van der Waals surface area contributed by atoms with Gasteiger partial charge in [-0.3, -0.25) is 9.69 Å². The van der Waals surface area contributed by atoms with Crippen molar-refractivity contribution in [3.05, 3.63) is 82.7 Å². The number of hydrogen-bond acceptors (Lipinski definition) is 6. The van der Waals surface area contributed by atoms with Crippen molar-refractivity contribution < 1.29 is 18.7 Å². The van der Waals surface area contributed by atoms with E-state index in [9.17, 15) is 14.0 Å². The number of esters is 1. The summed E-state index contributed by atoms with van der Waals surface area (Å²) >= 11 is 1.27. The fourth-order valence-corrected chi connectivity index (χ4v) is 3.56. The van der Waals surface area contributed by atoms with Gasteiger partial charge in [-0.15, -0.1) is 11.3 Å². The second-order valence-corrected chi connectivity index (χ2v) is 6.92. The number of carbonyl (C=O) groups is 2.